The zero-order chi connectivity index (χ0) is 31.8. The Kier molecular flexibility index (Phi) is 9.14. The minimum absolute atomic E-state index is 0.0288. The van der Waals surface area contributed by atoms with Gasteiger partial charge in [0.05, 0.1) is 12.2 Å². The molecule has 0 radical (unpaired) electrons. The number of nitrogens with one attached hydrogen (secondary N) is 5. The molecule has 10 aliphatic rings. The molecular formula is C37H56N6O4. The molecular weight excluding hydrogens is 592 g/mol. The van der Waals surface area contributed by atoms with Gasteiger partial charge in [-0.1, -0.05) is 30.3 Å². The number of hydrogen-bond acceptors (Lipinski definition) is 6. The van der Waals surface area contributed by atoms with Crippen molar-refractivity contribution in [3.8, 4) is 0 Å². The first-order chi connectivity index (χ1) is 22.9. The Labute approximate surface area is 280 Å². The van der Waals surface area contributed by atoms with Crippen LogP contribution in [0.4, 0.5) is 9.59 Å². The first kappa shape index (κ1) is 31.8. The largest absolute Gasteiger partial charge is 0.352 e. The number of ether oxygens (including phenoxy) is 2. The maximum atomic E-state index is 12.7. The van der Waals surface area contributed by atoms with Crippen LogP contribution in [0.1, 0.15) is 95.5 Å². The predicted molar refractivity (Wildman–Crippen MR) is 179 cm³/mol. The van der Waals surface area contributed by atoms with Crippen LogP contribution in [0.2, 0.25) is 0 Å². The summed E-state index contributed by atoms with van der Waals surface area (Å²) in [4.78, 5) is 27.4. The number of carbonyl (C=O) groups is 2. The van der Waals surface area contributed by atoms with Crippen molar-refractivity contribution in [3.63, 3.8) is 0 Å². The summed E-state index contributed by atoms with van der Waals surface area (Å²) < 4.78 is 12.5. The van der Waals surface area contributed by atoms with E-state index < -0.39 is 0 Å². The number of rotatable bonds is 6. The predicted octanol–water partition coefficient (Wildman–Crippen LogP) is 4.60. The molecule has 258 valence electrons. The van der Waals surface area contributed by atoms with Crippen LogP contribution < -0.4 is 26.6 Å². The Hall–Kier alpha value is -2.40. The fraction of sp³-hybridized carbons (Fsp3) is 0.784. The molecule has 4 saturated carbocycles. The highest BCUT2D eigenvalue weighted by atomic mass is 16.5. The fourth-order valence-corrected chi connectivity index (χ4v) is 10.9. The normalized spacial score (nSPS) is 39.1. The molecule has 4 atom stereocenters. The van der Waals surface area contributed by atoms with Gasteiger partial charge in [0.1, 0.15) is 11.4 Å². The molecule has 5 N–H and O–H groups in total. The highest BCUT2D eigenvalue weighted by Gasteiger charge is 2.54. The van der Waals surface area contributed by atoms with Gasteiger partial charge in [-0.05, 0) is 132 Å². The van der Waals surface area contributed by atoms with Crippen LogP contribution in [0.5, 0.6) is 0 Å². The smallest absolute Gasteiger partial charge is 0.317 e. The molecule has 1 aromatic carbocycles. The average Bonchev–Trinajstić information content (AvgIpc) is 3.01. The maximum absolute atomic E-state index is 12.7. The van der Waals surface area contributed by atoms with Crippen molar-refractivity contribution in [2.75, 3.05) is 26.2 Å². The van der Waals surface area contributed by atoms with Gasteiger partial charge in [-0.25, -0.2) is 9.59 Å². The number of urea groups is 2. The topological polar surface area (TPSA) is 116 Å². The van der Waals surface area contributed by atoms with Crippen LogP contribution in [0.15, 0.2) is 30.3 Å². The third kappa shape index (κ3) is 7.61. The van der Waals surface area contributed by atoms with Crippen molar-refractivity contribution in [2.24, 2.45) is 23.7 Å². The lowest BCUT2D eigenvalue weighted by Gasteiger charge is -2.56. The molecule has 8 bridgehead atoms. The van der Waals surface area contributed by atoms with Crippen LogP contribution in [0.3, 0.4) is 0 Å². The maximum Gasteiger partial charge on any atom is 0.317 e. The van der Waals surface area contributed by atoms with E-state index in [1.54, 1.807) is 0 Å². The van der Waals surface area contributed by atoms with Gasteiger partial charge >= 0.3 is 12.1 Å². The minimum atomic E-state index is -0.382. The van der Waals surface area contributed by atoms with Gasteiger partial charge in [0, 0.05) is 31.7 Å². The molecule has 47 heavy (non-hydrogen) atoms. The number of benzene rings is 1. The lowest BCUT2D eigenvalue weighted by Crippen LogP contribution is -2.65. The average molecular weight is 649 g/mol. The molecule has 11 rings (SSSR count). The van der Waals surface area contributed by atoms with E-state index in [9.17, 15) is 9.59 Å². The van der Waals surface area contributed by atoms with Gasteiger partial charge in [0.25, 0.3) is 0 Å². The number of hydrogen-bond donors (Lipinski definition) is 5. The summed E-state index contributed by atoms with van der Waals surface area (Å²) >= 11 is 0. The third-order valence-corrected chi connectivity index (χ3v) is 12.5. The van der Waals surface area contributed by atoms with Crippen molar-refractivity contribution in [1.82, 2.24) is 31.5 Å². The van der Waals surface area contributed by atoms with E-state index in [-0.39, 0.29) is 29.6 Å². The molecule has 0 spiro atoms. The van der Waals surface area contributed by atoms with Gasteiger partial charge in [-0.2, -0.15) is 0 Å². The molecule has 6 aliphatic heterocycles. The number of nitrogens with zero attached hydrogens (tertiary/aromatic N) is 1. The van der Waals surface area contributed by atoms with Gasteiger partial charge in [-0.15, -0.1) is 0 Å². The minimum Gasteiger partial charge on any atom is -0.352 e. The van der Waals surface area contributed by atoms with Crippen molar-refractivity contribution in [3.05, 3.63) is 35.9 Å². The van der Waals surface area contributed by atoms with Crippen molar-refractivity contribution in [1.29, 1.82) is 0 Å². The molecule has 6 heterocycles. The SMILES string of the molecule is O=C(NC1CCN(Cc2ccccc2)CC1)NC12CC3CC(CC(C3)O1)C2.O=C(NC1CCNCC1)NC12CC3CC(CC(C3)O1)C2. The number of likely N-dealkylation sites (tertiary alicyclic amines) is 1. The van der Waals surface area contributed by atoms with E-state index in [2.05, 4.69) is 61.8 Å². The Morgan fingerprint density at radius 3 is 1.62 bits per heavy atom. The van der Waals surface area contributed by atoms with E-state index in [1.165, 1.54) is 44.1 Å². The quantitative estimate of drug-likeness (QED) is 0.308. The molecule has 4 aliphatic carbocycles. The van der Waals surface area contributed by atoms with Gasteiger partial charge in [0.2, 0.25) is 0 Å². The first-order valence-corrected chi connectivity index (χ1v) is 18.9. The van der Waals surface area contributed by atoms with Crippen LogP contribution in [-0.4, -0.2) is 78.9 Å². The summed E-state index contributed by atoms with van der Waals surface area (Å²) in [6.07, 6.45) is 16.4. The van der Waals surface area contributed by atoms with Crippen LogP contribution in [0.25, 0.3) is 0 Å². The lowest BCUT2D eigenvalue weighted by atomic mass is 9.65. The van der Waals surface area contributed by atoms with Crippen molar-refractivity contribution in [2.45, 2.75) is 132 Å². The molecule has 10 fully saturated rings. The third-order valence-electron chi connectivity index (χ3n) is 12.5. The second-order valence-corrected chi connectivity index (χ2v) is 16.4. The molecule has 0 aromatic heterocycles. The van der Waals surface area contributed by atoms with E-state index in [0.717, 1.165) is 108 Å². The summed E-state index contributed by atoms with van der Waals surface area (Å²) in [6, 6.07) is 11.1. The first-order valence-electron chi connectivity index (χ1n) is 18.9. The highest BCUT2D eigenvalue weighted by Crippen LogP contribution is 2.53. The summed E-state index contributed by atoms with van der Waals surface area (Å²) in [5.74, 6) is 3.02. The Balaban J connectivity index is 0.000000144. The van der Waals surface area contributed by atoms with Gasteiger partial charge in [-0.3, -0.25) is 4.90 Å². The van der Waals surface area contributed by atoms with Gasteiger partial charge < -0.3 is 36.1 Å². The summed E-state index contributed by atoms with van der Waals surface area (Å²) in [5, 5.41) is 16.1. The summed E-state index contributed by atoms with van der Waals surface area (Å²) in [5.41, 5.74) is 0.624. The van der Waals surface area contributed by atoms with Gasteiger partial charge in [0.15, 0.2) is 0 Å². The molecule has 6 saturated heterocycles. The number of amides is 4. The van der Waals surface area contributed by atoms with E-state index in [0.29, 0.717) is 18.2 Å². The monoisotopic (exact) mass is 648 g/mol. The molecule has 10 heteroatoms. The number of carbonyl (C=O) groups excluding carboxylic acids is 2. The van der Waals surface area contributed by atoms with Crippen molar-refractivity contribution < 1.29 is 19.1 Å². The second-order valence-electron chi connectivity index (χ2n) is 16.4. The Morgan fingerprint density at radius 1 is 0.681 bits per heavy atom. The fourth-order valence-electron chi connectivity index (χ4n) is 10.9. The van der Waals surface area contributed by atoms with Crippen LogP contribution in [-0.2, 0) is 16.0 Å². The van der Waals surface area contributed by atoms with E-state index >= 15 is 0 Å². The zero-order valence-electron chi connectivity index (χ0n) is 28.0. The van der Waals surface area contributed by atoms with E-state index in [4.69, 9.17) is 9.47 Å². The second kappa shape index (κ2) is 13.5. The molecule has 10 nitrogen and oxygen atoms in total. The van der Waals surface area contributed by atoms with Crippen LogP contribution >= 0.6 is 0 Å². The molecule has 4 amide bonds. The summed E-state index contributed by atoms with van der Waals surface area (Å²) in [7, 11) is 0. The Morgan fingerprint density at radius 2 is 1.15 bits per heavy atom. The molecule has 1 aromatic rings. The zero-order valence-corrected chi connectivity index (χ0v) is 28.0. The Bertz CT molecular complexity index is 1180. The van der Waals surface area contributed by atoms with Crippen molar-refractivity contribution >= 4 is 12.1 Å². The molecule has 4 unspecified atom stereocenters. The van der Waals surface area contributed by atoms with Crippen LogP contribution in [0, 0.1) is 23.7 Å². The standard InChI is InChI=1S/C22H31N3O2.C15H25N3O2/c26-21(24-22-13-17-10-18(14-22)12-20(11-17)27-22)23-19-6-8-25(9-7-19)15-16-4-2-1-3-5-16;19-14(17-12-1-3-16-4-2-12)18-15-8-10-5-11(9-15)7-13(6-10)20-15/h1-5,17-20H,6-15H2,(H2,23,24,26);10-13,16H,1-9H2,(H2,17,18,19). The highest BCUT2D eigenvalue weighted by molar-refractivity contribution is 5.75. The summed E-state index contributed by atoms with van der Waals surface area (Å²) in [6.45, 7) is 5.07. The number of piperidine rings is 2. The lowest BCUT2D eigenvalue weighted by molar-refractivity contribution is -0.228. The van der Waals surface area contributed by atoms with E-state index in [1.807, 2.05) is 0 Å².